The van der Waals surface area contributed by atoms with E-state index in [1.54, 1.807) is 6.26 Å². The Morgan fingerprint density at radius 3 is 2.78 bits per heavy atom. The third-order valence-corrected chi connectivity index (χ3v) is 7.45. The number of carbonyl (C=O) groups is 1. The first-order valence-corrected chi connectivity index (χ1v) is 9.12. The highest BCUT2D eigenvalue weighted by Gasteiger charge is 2.57. The maximum absolute atomic E-state index is 11.8. The lowest BCUT2D eigenvalue weighted by atomic mass is 9.44. The van der Waals surface area contributed by atoms with Gasteiger partial charge in [0.1, 0.15) is 0 Å². The van der Waals surface area contributed by atoms with Gasteiger partial charge in [0.15, 0.2) is 0 Å². The second-order valence-corrected chi connectivity index (χ2v) is 8.46. The number of carboxylic acid groups (broad SMARTS) is 1. The summed E-state index contributed by atoms with van der Waals surface area (Å²) in [6.45, 7) is 7.06. The first kappa shape index (κ1) is 16.6. The van der Waals surface area contributed by atoms with Gasteiger partial charge in [0.25, 0.3) is 0 Å². The Balaban J connectivity index is 1.86. The van der Waals surface area contributed by atoms with E-state index in [-0.39, 0.29) is 16.7 Å². The lowest BCUT2D eigenvalue weighted by molar-refractivity contribution is -0.164. The first-order chi connectivity index (χ1) is 10.9. The molecule has 2 fully saturated rings. The van der Waals surface area contributed by atoms with E-state index in [4.69, 9.17) is 4.42 Å². The molecule has 0 radical (unpaired) electrons. The van der Waals surface area contributed by atoms with Gasteiger partial charge in [0, 0.05) is 0 Å². The third-order valence-electron chi connectivity index (χ3n) is 7.45. The summed E-state index contributed by atoms with van der Waals surface area (Å²) in [6.07, 6.45) is 11.1. The summed E-state index contributed by atoms with van der Waals surface area (Å²) in [5.74, 6) is 0.423. The summed E-state index contributed by atoms with van der Waals surface area (Å²) < 4.78 is 5.21. The molecule has 2 aliphatic rings. The molecular formula is C20H30O3. The highest BCUT2D eigenvalue weighted by molar-refractivity contribution is 5.71. The Morgan fingerprint density at radius 2 is 2.13 bits per heavy atom. The van der Waals surface area contributed by atoms with Crippen molar-refractivity contribution in [3.8, 4) is 0 Å². The van der Waals surface area contributed by atoms with E-state index in [0.29, 0.717) is 11.8 Å². The van der Waals surface area contributed by atoms with Crippen LogP contribution in [0.4, 0.5) is 0 Å². The van der Waals surface area contributed by atoms with Crippen LogP contribution in [0.5, 0.6) is 0 Å². The fourth-order valence-electron chi connectivity index (χ4n) is 5.74. The SMILES string of the molecule is C[C@@H]1CC[C@]2(C)[C@H](CCC[C@H]2C(=O)O)[C@@]1(C)CCc1ccoc1. The molecule has 0 aromatic carbocycles. The van der Waals surface area contributed by atoms with Gasteiger partial charge in [-0.2, -0.15) is 0 Å². The number of hydrogen-bond acceptors (Lipinski definition) is 2. The molecule has 3 rings (SSSR count). The van der Waals surface area contributed by atoms with E-state index in [1.807, 2.05) is 6.26 Å². The van der Waals surface area contributed by atoms with E-state index in [0.717, 1.165) is 38.5 Å². The highest BCUT2D eigenvalue weighted by atomic mass is 16.4. The Labute approximate surface area is 139 Å². The largest absolute Gasteiger partial charge is 0.481 e. The molecule has 23 heavy (non-hydrogen) atoms. The van der Waals surface area contributed by atoms with Crippen molar-refractivity contribution < 1.29 is 14.3 Å². The summed E-state index contributed by atoms with van der Waals surface area (Å²) >= 11 is 0. The average molecular weight is 318 g/mol. The van der Waals surface area contributed by atoms with Crippen LogP contribution in [0, 0.1) is 28.6 Å². The fraction of sp³-hybridized carbons (Fsp3) is 0.750. The predicted molar refractivity (Wildman–Crippen MR) is 90.1 cm³/mol. The van der Waals surface area contributed by atoms with Crippen molar-refractivity contribution in [2.45, 2.75) is 65.7 Å². The van der Waals surface area contributed by atoms with Gasteiger partial charge < -0.3 is 9.52 Å². The summed E-state index contributed by atoms with van der Waals surface area (Å²) in [4.78, 5) is 11.8. The number of carboxylic acids is 1. The van der Waals surface area contributed by atoms with E-state index >= 15 is 0 Å². The molecule has 3 nitrogen and oxygen atoms in total. The van der Waals surface area contributed by atoms with Crippen LogP contribution in [-0.2, 0) is 11.2 Å². The van der Waals surface area contributed by atoms with Crippen molar-refractivity contribution in [2.24, 2.45) is 28.6 Å². The molecule has 0 aliphatic heterocycles. The number of aryl methyl sites for hydroxylation is 1. The molecule has 2 aliphatic carbocycles. The zero-order chi connectivity index (χ0) is 16.7. The van der Waals surface area contributed by atoms with Gasteiger partial charge in [-0.1, -0.05) is 27.2 Å². The average Bonchev–Trinajstić information content (AvgIpc) is 3.02. The minimum absolute atomic E-state index is 0.0399. The van der Waals surface area contributed by atoms with Crippen LogP contribution in [0.2, 0.25) is 0 Å². The minimum Gasteiger partial charge on any atom is -0.481 e. The van der Waals surface area contributed by atoms with Gasteiger partial charge in [-0.05, 0) is 72.8 Å². The predicted octanol–water partition coefficient (Wildman–Crippen LogP) is 5.16. The molecule has 0 saturated heterocycles. The van der Waals surface area contributed by atoms with Gasteiger partial charge in [-0.3, -0.25) is 4.79 Å². The summed E-state index contributed by atoms with van der Waals surface area (Å²) in [7, 11) is 0. The second kappa shape index (κ2) is 5.99. The maximum atomic E-state index is 11.8. The normalized spacial score (nSPS) is 40.6. The minimum atomic E-state index is -0.580. The number of rotatable bonds is 4. The molecule has 0 unspecified atom stereocenters. The quantitative estimate of drug-likeness (QED) is 0.834. The lowest BCUT2D eigenvalue weighted by Crippen LogP contribution is -2.54. The molecule has 1 aromatic rings. The maximum Gasteiger partial charge on any atom is 0.307 e. The lowest BCUT2D eigenvalue weighted by Gasteiger charge is -2.60. The number of hydrogen-bond donors (Lipinski definition) is 1. The Hall–Kier alpha value is -1.25. The van der Waals surface area contributed by atoms with Crippen LogP contribution in [0.1, 0.15) is 64.9 Å². The number of fused-ring (bicyclic) bond motifs is 1. The van der Waals surface area contributed by atoms with Gasteiger partial charge in [0.2, 0.25) is 0 Å². The van der Waals surface area contributed by atoms with E-state index in [2.05, 4.69) is 26.8 Å². The standard InChI is InChI=1S/C20H30O3/c1-14-7-10-20(3)16(18(21)22)5-4-6-17(20)19(14,2)11-8-15-9-12-23-13-15/h9,12-14,16-17H,4-8,10-11H2,1-3H3,(H,21,22)/t14-,16+,17-,19+,20+/m1/s1. The van der Waals surface area contributed by atoms with Crippen molar-refractivity contribution in [1.82, 2.24) is 0 Å². The van der Waals surface area contributed by atoms with Crippen LogP contribution in [0.15, 0.2) is 23.0 Å². The van der Waals surface area contributed by atoms with Crippen molar-refractivity contribution >= 4 is 5.97 Å². The van der Waals surface area contributed by atoms with Crippen LogP contribution in [-0.4, -0.2) is 11.1 Å². The Kier molecular flexibility index (Phi) is 4.33. The molecule has 0 amide bonds. The molecule has 3 heteroatoms. The third kappa shape index (κ3) is 2.72. The molecular weight excluding hydrogens is 288 g/mol. The summed E-state index contributed by atoms with van der Waals surface area (Å²) in [5.41, 5.74) is 1.44. The zero-order valence-corrected chi connectivity index (χ0v) is 14.7. The molecule has 1 heterocycles. The van der Waals surface area contributed by atoms with Crippen LogP contribution in [0.3, 0.4) is 0 Å². The highest BCUT2D eigenvalue weighted by Crippen LogP contribution is 2.63. The van der Waals surface area contributed by atoms with E-state index in [1.165, 1.54) is 12.0 Å². The Bertz CT molecular complexity index is 549. The monoisotopic (exact) mass is 318 g/mol. The van der Waals surface area contributed by atoms with Gasteiger partial charge in [-0.15, -0.1) is 0 Å². The summed E-state index contributed by atoms with van der Waals surface area (Å²) in [5, 5.41) is 9.75. The molecule has 0 spiro atoms. The smallest absolute Gasteiger partial charge is 0.307 e. The summed E-state index contributed by atoms with van der Waals surface area (Å²) in [6, 6.07) is 2.05. The first-order valence-electron chi connectivity index (χ1n) is 9.12. The topological polar surface area (TPSA) is 50.4 Å². The van der Waals surface area contributed by atoms with Crippen molar-refractivity contribution in [2.75, 3.05) is 0 Å². The molecule has 2 saturated carbocycles. The van der Waals surface area contributed by atoms with Crippen LogP contribution >= 0.6 is 0 Å². The van der Waals surface area contributed by atoms with Crippen molar-refractivity contribution in [1.29, 1.82) is 0 Å². The van der Waals surface area contributed by atoms with Gasteiger partial charge in [0.05, 0.1) is 18.4 Å². The number of aliphatic carboxylic acids is 1. The molecule has 0 bridgehead atoms. The molecule has 1 aromatic heterocycles. The second-order valence-electron chi connectivity index (χ2n) is 8.46. The van der Waals surface area contributed by atoms with E-state index < -0.39 is 5.97 Å². The molecule has 1 N–H and O–H groups in total. The van der Waals surface area contributed by atoms with E-state index in [9.17, 15) is 9.90 Å². The van der Waals surface area contributed by atoms with Crippen molar-refractivity contribution in [3.05, 3.63) is 24.2 Å². The van der Waals surface area contributed by atoms with Gasteiger partial charge >= 0.3 is 5.97 Å². The zero-order valence-electron chi connectivity index (χ0n) is 14.7. The van der Waals surface area contributed by atoms with Crippen LogP contribution < -0.4 is 0 Å². The molecule has 128 valence electrons. The number of furan rings is 1. The van der Waals surface area contributed by atoms with Crippen LogP contribution in [0.25, 0.3) is 0 Å². The Morgan fingerprint density at radius 1 is 1.35 bits per heavy atom. The molecule has 5 atom stereocenters. The van der Waals surface area contributed by atoms with Crippen molar-refractivity contribution in [3.63, 3.8) is 0 Å². The fourth-order valence-corrected chi connectivity index (χ4v) is 5.74. The van der Waals surface area contributed by atoms with Gasteiger partial charge in [-0.25, -0.2) is 0 Å².